The lowest BCUT2D eigenvalue weighted by molar-refractivity contribution is -0.148. The lowest BCUT2D eigenvalue weighted by Crippen LogP contribution is -2.62. The molecule has 5 amide bonds. The van der Waals surface area contributed by atoms with Crippen LogP contribution in [0.25, 0.3) is 22.3 Å². The van der Waals surface area contributed by atoms with Crippen LogP contribution in [0.1, 0.15) is 52.4 Å². The topological polar surface area (TPSA) is 186 Å². The Morgan fingerprint density at radius 3 is 2.29 bits per heavy atom. The standard InChI is InChI=1S/C41H37N9O6/c42-36-34-35(22-6-9-29(10-7-22)56-28-4-2-1-3-5-28)46-50(37(34)44-21-43-36)27-14-23(15-27)39(53)48-19-25(20-48)24-17-47(18-24)26-8-11-30-31(16-26)41(55)49(40(30)54)32-12-13-33(51)45-38(32)52/h1-11,16,21,23-25,27,32H,12-15,17-20H2,(H2,42,43,44)(H,45,51,52). The summed E-state index contributed by atoms with van der Waals surface area (Å²) in [6, 6.07) is 21.5. The minimum absolute atomic E-state index is 0.0121. The van der Waals surface area contributed by atoms with E-state index >= 15 is 0 Å². The lowest BCUT2D eigenvalue weighted by atomic mass is 9.76. The molecule has 1 unspecified atom stereocenters. The third kappa shape index (κ3) is 5.56. The number of fused-ring (bicyclic) bond motifs is 2. The highest BCUT2D eigenvalue weighted by atomic mass is 16.5. The van der Waals surface area contributed by atoms with Crippen molar-refractivity contribution in [3.63, 3.8) is 0 Å². The quantitative estimate of drug-likeness (QED) is 0.220. The van der Waals surface area contributed by atoms with Crippen LogP contribution in [-0.4, -0.2) is 91.3 Å². The number of rotatable bonds is 8. The summed E-state index contributed by atoms with van der Waals surface area (Å²) in [5.41, 5.74) is 9.95. The number of carbonyl (C=O) groups is 5. The number of hydrogen-bond acceptors (Lipinski definition) is 11. The number of imide groups is 2. The molecular weight excluding hydrogens is 715 g/mol. The predicted octanol–water partition coefficient (Wildman–Crippen LogP) is 3.81. The number of anilines is 2. The van der Waals surface area contributed by atoms with Gasteiger partial charge in [0.15, 0.2) is 5.65 Å². The van der Waals surface area contributed by atoms with Crippen LogP contribution >= 0.6 is 0 Å². The first-order valence-corrected chi connectivity index (χ1v) is 18.9. The van der Waals surface area contributed by atoms with Crippen molar-refractivity contribution in [2.24, 2.45) is 17.8 Å². The second-order valence-electron chi connectivity index (χ2n) is 15.4. The zero-order valence-corrected chi connectivity index (χ0v) is 30.2. The molecule has 10 rings (SSSR count). The zero-order valence-electron chi connectivity index (χ0n) is 30.2. The van der Waals surface area contributed by atoms with Crippen molar-refractivity contribution < 1.29 is 28.7 Å². The Kier molecular flexibility index (Phi) is 7.87. The number of carbonyl (C=O) groups excluding carboxylic acids is 5. The first kappa shape index (κ1) is 33.9. The van der Waals surface area contributed by atoms with Crippen molar-refractivity contribution in [2.75, 3.05) is 36.8 Å². The van der Waals surface area contributed by atoms with Gasteiger partial charge in [-0.15, -0.1) is 0 Å². The van der Waals surface area contributed by atoms with E-state index in [9.17, 15) is 24.0 Å². The van der Waals surface area contributed by atoms with Gasteiger partial charge in [0.25, 0.3) is 11.8 Å². The van der Waals surface area contributed by atoms with Gasteiger partial charge in [0.2, 0.25) is 17.7 Å². The van der Waals surface area contributed by atoms with Gasteiger partial charge in [-0.05, 0) is 73.9 Å². The van der Waals surface area contributed by atoms with Gasteiger partial charge in [-0.3, -0.25) is 34.2 Å². The molecule has 4 fully saturated rings. The number of nitrogen functional groups attached to an aromatic ring is 1. The smallest absolute Gasteiger partial charge is 0.262 e. The predicted molar refractivity (Wildman–Crippen MR) is 202 cm³/mol. The van der Waals surface area contributed by atoms with Gasteiger partial charge >= 0.3 is 0 Å². The van der Waals surface area contributed by atoms with Crippen molar-refractivity contribution in [2.45, 2.75) is 37.8 Å². The summed E-state index contributed by atoms with van der Waals surface area (Å²) in [6.07, 6.45) is 2.98. The van der Waals surface area contributed by atoms with Crippen LogP contribution in [0.15, 0.2) is 79.1 Å². The second-order valence-corrected chi connectivity index (χ2v) is 15.4. The van der Waals surface area contributed by atoms with Gasteiger partial charge in [-0.1, -0.05) is 18.2 Å². The Balaban J connectivity index is 0.738. The first-order chi connectivity index (χ1) is 27.2. The molecule has 5 aromatic rings. The molecule has 1 saturated carbocycles. The van der Waals surface area contributed by atoms with Gasteiger partial charge < -0.3 is 20.3 Å². The van der Waals surface area contributed by atoms with Crippen LogP contribution < -0.4 is 20.7 Å². The number of nitrogens with zero attached hydrogens (tertiary/aromatic N) is 7. The molecule has 15 heteroatoms. The number of ether oxygens (including phenoxy) is 1. The van der Waals surface area contributed by atoms with E-state index in [4.69, 9.17) is 15.6 Å². The summed E-state index contributed by atoms with van der Waals surface area (Å²) in [7, 11) is 0. The number of likely N-dealkylation sites (tertiary alicyclic amines) is 1. The summed E-state index contributed by atoms with van der Waals surface area (Å²) in [6.45, 7) is 3.02. The van der Waals surface area contributed by atoms with Crippen molar-refractivity contribution in [1.82, 2.24) is 34.9 Å². The van der Waals surface area contributed by atoms with E-state index in [-0.39, 0.29) is 41.8 Å². The second kappa shape index (κ2) is 13.0. The zero-order chi connectivity index (χ0) is 38.2. The molecule has 3 aromatic carbocycles. The summed E-state index contributed by atoms with van der Waals surface area (Å²) < 4.78 is 7.86. The Morgan fingerprint density at radius 1 is 0.821 bits per heavy atom. The molecule has 0 bridgehead atoms. The van der Waals surface area contributed by atoms with Gasteiger partial charge in [0.05, 0.1) is 22.6 Å². The van der Waals surface area contributed by atoms with Crippen molar-refractivity contribution >= 4 is 52.1 Å². The minimum Gasteiger partial charge on any atom is -0.457 e. The SMILES string of the molecule is Nc1ncnc2c1c(-c1ccc(Oc3ccccc3)cc1)nn2C1CC(C(=O)N2CC(C3CN(c4ccc5c(c4)C(=O)N(C4CCC(=O)NC4=O)C5=O)C3)C2)C1. The fraction of sp³-hybridized carbons (Fsp3) is 0.317. The average Bonchev–Trinajstić information content (AvgIpc) is 3.64. The van der Waals surface area contributed by atoms with E-state index in [1.165, 1.54) is 6.33 Å². The van der Waals surface area contributed by atoms with Crippen molar-refractivity contribution in [3.8, 4) is 22.8 Å². The first-order valence-electron chi connectivity index (χ1n) is 18.9. The van der Waals surface area contributed by atoms with Crippen LogP contribution in [0.3, 0.4) is 0 Å². The number of benzene rings is 3. The van der Waals surface area contributed by atoms with E-state index in [0.29, 0.717) is 53.0 Å². The van der Waals surface area contributed by atoms with Crippen LogP contribution in [-0.2, 0) is 14.4 Å². The summed E-state index contributed by atoms with van der Waals surface area (Å²) in [5, 5.41) is 7.89. The Morgan fingerprint density at radius 2 is 1.54 bits per heavy atom. The Hall–Kier alpha value is -6.64. The molecule has 1 aliphatic carbocycles. The molecule has 0 spiro atoms. The number of nitrogens with two attached hydrogens (primary N) is 1. The molecule has 3 N–H and O–H groups in total. The van der Waals surface area contributed by atoms with Crippen LogP contribution in [0, 0.1) is 17.8 Å². The van der Waals surface area contributed by atoms with Gasteiger partial charge in [0.1, 0.15) is 35.4 Å². The van der Waals surface area contributed by atoms with E-state index in [2.05, 4.69) is 20.2 Å². The molecule has 4 aliphatic heterocycles. The van der Waals surface area contributed by atoms with Gasteiger partial charge in [-0.2, -0.15) is 5.10 Å². The fourth-order valence-corrected chi connectivity index (χ4v) is 8.67. The molecule has 2 aromatic heterocycles. The normalized spacial score (nSPS) is 22.4. The molecule has 15 nitrogen and oxygen atoms in total. The Labute approximate surface area is 320 Å². The van der Waals surface area contributed by atoms with Gasteiger partial charge in [0, 0.05) is 61.6 Å². The van der Waals surface area contributed by atoms with Crippen molar-refractivity contribution in [1.29, 1.82) is 0 Å². The highest BCUT2D eigenvalue weighted by molar-refractivity contribution is 6.23. The minimum atomic E-state index is -0.991. The monoisotopic (exact) mass is 751 g/mol. The maximum atomic E-state index is 13.5. The number of amides is 5. The van der Waals surface area contributed by atoms with E-state index < -0.39 is 29.7 Å². The molecule has 56 heavy (non-hydrogen) atoms. The Bertz CT molecular complexity index is 2450. The maximum Gasteiger partial charge on any atom is 0.262 e. The molecule has 6 heterocycles. The highest BCUT2D eigenvalue weighted by Gasteiger charge is 2.48. The largest absolute Gasteiger partial charge is 0.457 e. The molecule has 0 radical (unpaired) electrons. The molecular formula is C41H37N9O6. The maximum absolute atomic E-state index is 13.5. The number of piperidine rings is 1. The third-order valence-corrected chi connectivity index (χ3v) is 12.0. The number of hydrogen-bond donors (Lipinski definition) is 2. The molecule has 282 valence electrons. The van der Waals surface area contributed by atoms with E-state index in [0.717, 1.165) is 48.1 Å². The summed E-state index contributed by atoms with van der Waals surface area (Å²) in [5.74, 6) is 0.659. The van der Waals surface area contributed by atoms with Crippen molar-refractivity contribution in [3.05, 3.63) is 90.3 Å². The molecule has 5 aliphatic rings. The third-order valence-electron chi connectivity index (χ3n) is 12.0. The molecule has 3 saturated heterocycles. The van der Waals surface area contributed by atoms with Crippen LogP contribution in [0.5, 0.6) is 11.5 Å². The average molecular weight is 752 g/mol. The number of para-hydroxylation sites is 1. The lowest BCUT2D eigenvalue weighted by Gasteiger charge is -2.52. The van der Waals surface area contributed by atoms with Crippen LogP contribution in [0.4, 0.5) is 11.5 Å². The summed E-state index contributed by atoms with van der Waals surface area (Å²) in [4.78, 5) is 77.8. The van der Waals surface area contributed by atoms with E-state index in [1.807, 2.05) is 70.2 Å². The number of aromatic nitrogens is 4. The number of nitrogens with one attached hydrogen (secondary N) is 1. The summed E-state index contributed by atoms with van der Waals surface area (Å²) >= 11 is 0. The fourth-order valence-electron chi connectivity index (χ4n) is 8.67. The highest BCUT2D eigenvalue weighted by Crippen LogP contribution is 2.44. The van der Waals surface area contributed by atoms with E-state index in [1.54, 1.807) is 12.1 Å². The molecule has 1 atom stereocenters. The van der Waals surface area contributed by atoms with Gasteiger partial charge in [-0.25, -0.2) is 14.6 Å². The van der Waals surface area contributed by atoms with Crippen LogP contribution in [0.2, 0.25) is 0 Å².